The molecule has 1 N–H and O–H groups in total. The number of hydrogen-bond donors (Lipinski definition) is 1. The molecule has 0 unspecified atom stereocenters. The second-order valence-corrected chi connectivity index (χ2v) is 3.53. The van der Waals surface area contributed by atoms with Crippen molar-refractivity contribution in [3.63, 3.8) is 0 Å². The van der Waals surface area contributed by atoms with Gasteiger partial charge < -0.3 is 5.11 Å². The number of halogens is 2. The van der Waals surface area contributed by atoms with E-state index in [0.29, 0.717) is 16.7 Å². The van der Waals surface area contributed by atoms with Gasteiger partial charge in [0.2, 0.25) is 0 Å². The molecule has 0 spiro atoms. The Hall–Kier alpha value is -1.24. The second kappa shape index (κ2) is 5.01. The molecule has 1 aromatic carbocycles. The largest absolute Gasteiger partial charge is 0.481 e. The van der Waals surface area contributed by atoms with Gasteiger partial charge in [0.05, 0.1) is 29.0 Å². The van der Waals surface area contributed by atoms with Crippen LogP contribution in [0.1, 0.15) is 16.7 Å². The molecule has 0 aliphatic heterocycles. The van der Waals surface area contributed by atoms with Crippen LogP contribution >= 0.6 is 23.2 Å². The highest BCUT2D eigenvalue weighted by atomic mass is 35.5. The average molecular weight is 244 g/mol. The van der Waals surface area contributed by atoms with Crippen molar-refractivity contribution in [3.05, 3.63) is 33.8 Å². The van der Waals surface area contributed by atoms with E-state index in [4.69, 9.17) is 33.6 Å². The summed E-state index contributed by atoms with van der Waals surface area (Å²) in [6.07, 6.45) is -0.172. The first-order valence-corrected chi connectivity index (χ1v) is 4.99. The van der Waals surface area contributed by atoms with Gasteiger partial charge in [-0.2, -0.15) is 5.26 Å². The maximum absolute atomic E-state index is 10.5. The third-order valence-electron chi connectivity index (χ3n) is 1.92. The van der Waals surface area contributed by atoms with E-state index in [9.17, 15) is 4.79 Å². The summed E-state index contributed by atoms with van der Waals surface area (Å²) >= 11 is 11.6. The molecule has 0 fully saturated rings. The first-order valence-electron chi connectivity index (χ1n) is 4.08. The van der Waals surface area contributed by atoms with E-state index in [-0.39, 0.29) is 17.3 Å². The minimum atomic E-state index is -0.970. The van der Waals surface area contributed by atoms with Crippen LogP contribution in [0.15, 0.2) is 12.1 Å². The zero-order chi connectivity index (χ0) is 11.4. The summed E-state index contributed by atoms with van der Waals surface area (Å²) in [5, 5.41) is 17.7. The Labute approximate surface area is 96.8 Å². The number of hydrogen-bond acceptors (Lipinski definition) is 2. The lowest BCUT2D eigenvalue weighted by atomic mass is 10.0. The van der Waals surface area contributed by atoms with E-state index in [1.165, 1.54) is 12.1 Å². The third kappa shape index (κ3) is 2.62. The van der Waals surface area contributed by atoms with Crippen LogP contribution in [0.3, 0.4) is 0 Å². The fourth-order valence-corrected chi connectivity index (χ4v) is 1.85. The Morgan fingerprint density at radius 3 is 2.67 bits per heavy atom. The molecule has 0 heterocycles. The van der Waals surface area contributed by atoms with Crippen LogP contribution in [0, 0.1) is 11.3 Å². The summed E-state index contributed by atoms with van der Waals surface area (Å²) in [5.74, 6) is -0.878. The molecular formula is C10H7Cl2NO2. The zero-order valence-electron chi connectivity index (χ0n) is 7.63. The molecule has 0 radical (unpaired) electrons. The summed E-state index contributed by atoms with van der Waals surface area (Å²) in [6.45, 7) is 0. The summed E-state index contributed by atoms with van der Waals surface area (Å²) < 4.78 is 0. The van der Waals surface area contributed by atoms with Crippen LogP contribution in [-0.2, 0) is 17.1 Å². The fourth-order valence-electron chi connectivity index (χ4n) is 1.20. The van der Waals surface area contributed by atoms with Gasteiger partial charge in [0.25, 0.3) is 0 Å². The lowest BCUT2D eigenvalue weighted by Crippen LogP contribution is -2.02. The molecule has 0 saturated heterocycles. The van der Waals surface area contributed by atoms with Gasteiger partial charge in [-0.05, 0) is 11.6 Å². The van der Waals surface area contributed by atoms with Crippen molar-refractivity contribution in [1.82, 2.24) is 0 Å². The van der Waals surface area contributed by atoms with Crippen molar-refractivity contribution < 1.29 is 9.90 Å². The van der Waals surface area contributed by atoms with E-state index in [1.54, 1.807) is 0 Å². The highest BCUT2D eigenvalue weighted by Crippen LogP contribution is 2.26. The zero-order valence-corrected chi connectivity index (χ0v) is 9.14. The normalized spacial score (nSPS) is 9.67. The number of rotatable bonds is 3. The molecule has 15 heavy (non-hydrogen) atoms. The van der Waals surface area contributed by atoms with Crippen LogP contribution in [0.5, 0.6) is 0 Å². The highest BCUT2D eigenvalue weighted by molar-refractivity contribution is 6.33. The van der Waals surface area contributed by atoms with Crippen LogP contribution in [-0.4, -0.2) is 11.1 Å². The summed E-state index contributed by atoms with van der Waals surface area (Å²) in [7, 11) is 0. The second-order valence-electron chi connectivity index (χ2n) is 2.88. The molecular weight excluding hydrogens is 237 g/mol. The number of aliphatic carboxylic acids is 1. The lowest BCUT2D eigenvalue weighted by molar-refractivity contribution is -0.136. The number of alkyl halides is 1. The van der Waals surface area contributed by atoms with Gasteiger partial charge >= 0.3 is 5.97 Å². The summed E-state index contributed by atoms with van der Waals surface area (Å²) in [5.41, 5.74) is 1.34. The number of nitriles is 1. The molecule has 0 aliphatic carbocycles. The fraction of sp³-hybridized carbons (Fsp3) is 0.200. The predicted octanol–water partition coefficient (Wildman–Crippen LogP) is 2.58. The minimum absolute atomic E-state index is 0.0924. The number of carbonyl (C=O) groups is 1. The van der Waals surface area contributed by atoms with Gasteiger partial charge in [-0.15, -0.1) is 11.6 Å². The standard InChI is InChI=1S/C10H7Cl2NO2/c11-4-8-7(5-13)2-1-6(10(8)12)3-9(14)15/h1-2H,3-4H2,(H,14,15). The van der Waals surface area contributed by atoms with Crippen LogP contribution in [0.25, 0.3) is 0 Å². The molecule has 1 rings (SSSR count). The SMILES string of the molecule is N#Cc1ccc(CC(=O)O)c(Cl)c1CCl. The Bertz CT molecular complexity index is 438. The first-order chi connectivity index (χ1) is 7.10. The van der Waals surface area contributed by atoms with E-state index in [2.05, 4.69) is 0 Å². The molecule has 78 valence electrons. The van der Waals surface area contributed by atoms with Gasteiger partial charge in [-0.3, -0.25) is 4.79 Å². The molecule has 3 nitrogen and oxygen atoms in total. The smallest absolute Gasteiger partial charge is 0.307 e. The highest BCUT2D eigenvalue weighted by Gasteiger charge is 2.12. The number of carboxylic acids is 1. The number of benzene rings is 1. The van der Waals surface area contributed by atoms with Gasteiger partial charge in [0.1, 0.15) is 0 Å². The molecule has 0 aromatic heterocycles. The first kappa shape index (κ1) is 11.8. The van der Waals surface area contributed by atoms with E-state index < -0.39 is 5.97 Å². The van der Waals surface area contributed by atoms with Crippen molar-refractivity contribution in [2.24, 2.45) is 0 Å². The van der Waals surface area contributed by atoms with E-state index >= 15 is 0 Å². The van der Waals surface area contributed by atoms with Gasteiger partial charge in [-0.1, -0.05) is 17.7 Å². The van der Waals surface area contributed by atoms with Gasteiger partial charge in [0.15, 0.2) is 0 Å². The molecule has 0 saturated carbocycles. The van der Waals surface area contributed by atoms with Crippen LogP contribution in [0.2, 0.25) is 5.02 Å². The number of carboxylic acid groups (broad SMARTS) is 1. The Kier molecular flexibility index (Phi) is 3.96. The maximum Gasteiger partial charge on any atom is 0.307 e. The van der Waals surface area contributed by atoms with Crippen LogP contribution < -0.4 is 0 Å². The van der Waals surface area contributed by atoms with Crippen molar-refractivity contribution in [2.45, 2.75) is 12.3 Å². The minimum Gasteiger partial charge on any atom is -0.481 e. The molecule has 0 aliphatic rings. The van der Waals surface area contributed by atoms with Crippen molar-refractivity contribution in [2.75, 3.05) is 0 Å². The Morgan fingerprint density at radius 2 is 2.20 bits per heavy atom. The van der Waals surface area contributed by atoms with Crippen molar-refractivity contribution in [3.8, 4) is 6.07 Å². The Balaban J connectivity index is 3.24. The third-order valence-corrected chi connectivity index (χ3v) is 2.66. The predicted molar refractivity (Wildman–Crippen MR) is 57.1 cm³/mol. The molecule has 0 atom stereocenters. The monoisotopic (exact) mass is 243 g/mol. The topological polar surface area (TPSA) is 61.1 Å². The average Bonchev–Trinajstić information content (AvgIpc) is 2.20. The molecule has 1 aromatic rings. The lowest BCUT2D eigenvalue weighted by Gasteiger charge is -2.07. The summed E-state index contributed by atoms with van der Waals surface area (Å²) in [4.78, 5) is 10.5. The van der Waals surface area contributed by atoms with Gasteiger partial charge in [-0.25, -0.2) is 0 Å². The molecule has 0 bridgehead atoms. The van der Waals surface area contributed by atoms with Crippen LogP contribution in [0.4, 0.5) is 0 Å². The summed E-state index contributed by atoms with van der Waals surface area (Å²) in [6, 6.07) is 5.01. The maximum atomic E-state index is 10.5. The quantitative estimate of drug-likeness (QED) is 0.831. The van der Waals surface area contributed by atoms with Gasteiger partial charge in [0, 0.05) is 5.56 Å². The molecule has 5 heteroatoms. The number of nitrogens with zero attached hydrogens (tertiary/aromatic N) is 1. The van der Waals surface area contributed by atoms with E-state index in [0.717, 1.165) is 0 Å². The Morgan fingerprint density at radius 1 is 1.53 bits per heavy atom. The van der Waals surface area contributed by atoms with Crippen molar-refractivity contribution in [1.29, 1.82) is 5.26 Å². The van der Waals surface area contributed by atoms with E-state index in [1.807, 2.05) is 6.07 Å². The molecule has 0 amide bonds. The van der Waals surface area contributed by atoms with Crippen molar-refractivity contribution >= 4 is 29.2 Å².